The van der Waals surface area contributed by atoms with Gasteiger partial charge in [0.1, 0.15) is 12.1 Å². The van der Waals surface area contributed by atoms with Crippen LogP contribution < -0.4 is 10.1 Å². The third-order valence-corrected chi connectivity index (χ3v) is 3.79. The monoisotopic (exact) mass is 336 g/mol. The quantitative estimate of drug-likeness (QED) is 0.750. The number of aromatic nitrogens is 3. The summed E-state index contributed by atoms with van der Waals surface area (Å²) < 4.78 is 7.45. The second-order valence-corrected chi connectivity index (χ2v) is 5.64. The van der Waals surface area contributed by atoms with Crippen molar-refractivity contribution < 1.29 is 9.53 Å². The molecule has 0 aliphatic carbocycles. The van der Waals surface area contributed by atoms with Gasteiger partial charge in [-0.25, -0.2) is 0 Å². The normalized spacial score (nSPS) is 10.5. The van der Waals surface area contributed by atoms with Crippen molar-refractivity contribution in [3.8, 4) is 17.1 Å². The largest absolute Gasteiger partial charge is 0.484 e. The first kappa shape index (κ1) is 16.7. The van der Waals surface area contributed by atoms with E-state index in [1.165, 1.54) is 0 Å². The van der Waals surface area contributed by atoms with Crippen molar-refractivity contribution in [3.05, 3.63) is 60.4 Å². The Morgan fingerprint density at radius 2 is 1.92 bits per heavy atom. The van der Waals surface area contributed by atoms with Crippen molar-refractivity contribution in [1.29, 1.82) is 0 Å². The third kappa shape index (κ3) is 4.03. The lowest BCUT2D eigenvalue weighted by molar-refractivity contribution is -0.118. The number of aryl methyl sites for hydroxylation is 2. The maximum absolute atomic E-state index is 12.3. The summed E-state index contributed by atoms with van der Waals surface area (Å²) in [7, 11) is 0. The summed E-state index contributed by atoms with van der Waals surface area (Å²) in [5, 5.41) is 11.0. The molecule has 6 heteroatoms. The zero-order valence-electron chi connectivity index (χ0n) is 14.3. The average molecular weight is 336 g/mol. The van der Waals surface area contributed by atoms with Crippen molar-refractivity contribution >= 4 is 11.6 Å². The van der Waals surface area contributed by atoms with Gasteiger partial charge >= 0.3 is 0 Å². The summed E-state index contributed by atoms with van der Waals surface area (Å²) in [4.78, 5) is 12.3. The van der Waals surface area contributed by atoms with Crippen molar-refractivity contribution in [1.82, 2.24) is 14.8 Å². The van der Waals surface area contributed by atoms with E-state index in [2.05, 4.69) is 15.5 Å². The van der Waals surface area contributed by atoms with E-state index in [0.717, 1.165) is 23.5 Å². The summed E-state index contributed by atoms with van der Waals surface area (Å²) in [6.45, 7) is 4.71. The Morgan fingerprint density at radius 3 is 2.68 bits per heavy atom. The fourth-order valence-electron chi connectivity index (χ4n) is 2.45. The van der Waals surface area contributed by atoms with Crippen LogP contribution in [0.15, 0.2) is 54.9 Å². The first-order chi connectivity index (χ1) is 12.2. The number of ether oxygens (including phenoxy) is 1. The topological polar surface area (TPSA) is 69.0 Å². The van der Waals surface area contributed by atoms with Crippen LogP contribution in [0.2, 0.25) is 0 Å². The summed E-state index contributed by atoms with van der Waals surface area (Å²) in [5.41, 5.74) is 2.65. The zero-order valence-corrected chi connectivity index (χ0v) is 14.3. The lowest BCUT2D eigenvalue weighted by atomic mass is 10.1. The second kappa shape index (κ2) is 7.61. The number of carbonyl (C=O) groups is 1. The number of nitrogens with zero attached hydrogens (tertiary/aromatic N) is 3. The van der Waals surface area contributed by atoms with Crippen molar-refractivity contribution in [2.75, 3.05) is 11.9 Å². The van der Waals surface area contributed by atoms with E-state index in [0.29, 0.717) is 11.4 Å². The molecule has 6 nitrogen and oxygen atoms in total. The molecule has 1 aromatic heterocycles. The van der Waals surface area contributed by atoms with Crippen LogP contribution in [0.1, 0.15) is 12.5 Å². The van der Waals surface area contributed by atoms with Crippen LogP contribution in [0.3, 0.4) is 0 Å². The van der Waals surface area contributed by atoms with Crippen molar-refractivity contribution in [3.63, 3.8) is 0 Å². The van der Waals surface area contributed by atoms with Crippen molar-refractivity contribution in [2.45, 2.75) is 20.4 Å². The third-order valence-electron chi connectivity index (χ3n) is 3.79. The highest BCUT2D eigenvalue weighted by Crippen LogP contribution is 2.26. The molecule has 3 aromatic rings. The predicted molar refractivity (Wildman–Crippen MR) is 96.4 cm³/mol. The Bertz CT molecular complexity index is 856. The number of rotatable bonds is 6. The molecular weight excluding hydrogens is 316 g/mol. The van der Waals surface area contributed by atoms with Gasteiger partial charge in [0.2, 0.25) is 0 Å². The van der Waals surface area contributed by atoms with Crippen LogP contribution in [-0.4, -0.2) is 27.3 Å². The van der Waals surface area contributed by atoms with Gasteiger partial charge in [-0.1, -0.05) is 29.8 Å². The Hall–Kier alpha value is -3.15. The molecule has 1 N–H and O–H groups in total. The molecule has 0 bridgehead atoms. The molecule has 0 saturated carbocycles. The van der Waals surface area contributed by atoms with Gasteiger partial charge < -0.3 is 14.6 Å². The fourth-order valence-corrected chi connectivity index (χ4v) is 2.45. The van der Waals surface area contributed by atoms with E-state index in [4.69, 9.17) is 4.74 Å². The van der Waals surface area contributed by atoms with E-state index in [9.17, 15) is 4.79 Å². The van der Waals surface area contributed by atoms with Crippen LogP contribution in [0.5, 0.6) is 5.75 Å². The van der Waals surface area contributed by atoms with E-state index in [1.54, 1.807) is 6.33 Å². The van der Waals surface area contributed by atoms with Crippen molar-refractivity contribution in [2.24, 2.45) is 0 Å². The molecule has 0 atom stereocenters. The van der Waals surface area contributed by atoms with Gasteiger partial charge in [-0.3, -0.25) is 4.79 Å². The Labute approximate surface area is 146 Å². The second-order valence-electron chi connectivity index (χ2n) is 5.64. The highest BCUT2D eigenvalue weighted by molar-refractivity contribution is 5.95. The number of nitrogens with one attached hydrogen (secondary N) is 1. The van der Waals surface area contributed by atoms with Crippen LogP contribution in [0, 0.1) is 6.92 Å². The molecule has 25 heavy (non-hydrogen) atoms. The van der Waals surface area contributed by atoms with Gasteiger partial charge in [0.25, 0.3) is 5.91 Å². The van der Waals surface area contributed by atoms with Gasteiger partial charge in [-0.15, -0.1) is 10.2 Å². The number of hydrogen-bond acceptors (Lipinski definition) is 4. The smallest absolute Gasteiger partial charge is 0.262 e. The molecular formula is C19H20N4O2. The number of amides is 1. The molecule has 0 saturated heterocycles. The maximum atomic E-state index is 12.3. The highest BCUT2D eigenvalue weighted by atomic mass is 16.5. The van der Waals surface area contributed by atoms with Crippen LogP contribution in [0.4, 0.5) is 5.69 Å². The Morgan fingerprint density at radius 1 is 1.16 bits per heavy atom. The molecule has 0 aliphatic heterocycles. The minimum atomic E-state index is -0.226. The molecule has 0 spiro atoms. The maximum Gasteiger partial charge on any atom is 0.262 e. The molecule has 1 heterocycles. The van der Waals surface area contributed by atoms with Gasteiger partial charge in [0.15, 0.2) is 12.4 Å². The van der Waals surface area contributed by atoms with Gasteiger partial charge in [-0.05, 0) is 38.1 Å². The predicted octanol–water partition coefficient (Wildman–Crippen LogP) is 3.29. The average Bonchev–Trinajstić information content (AvgIpc) is 3.10. The molecule has 0 unspecified atom stereocenters. The number of benzene rings is 2. The molecule has 128 valence electrons. The molecule has 0 radical (unpaired) electrons. The molecule has 0 aliphatic rings. The van der Waals surface area contributed by atoms with Gasteiger partial charge in [-0.2, -0.15) is 0 Å². The first-order valence-corrected chi connectivity index (χ1v) is 8.14. The van der Waals surface area contributed by atoms with E-state index < -0.39 is 0 Å². The number of anilines is 1. The highest BCUT2D eigenvalue weighted by Gasteiger charge is 2.13. The van der Waals surface area contributed by atoms with E-state index >= 15 is 0 Å². The molecule has 2 aromatic carbocycles. The Balaban J connectivity index is 1.70. The van der Waals surface area contributed by atoms with E-state index in [1.807, 2.05) is 66.9 Å². The minimum Gasteiger partial charge on any atom is -0.484 e. The summed E-state index contributed by atoms with van der Waals surface area (Å²) >= 11 is 0. The zero-order chi connectivity index (χ0) is 17.6. The standard InChI is InChI=1S/C19H20N4O2/c1-3-23-13-20-22-19(23)16-6-4-5-7-17(16)21-18(24)12-25-15-10-8-14(2)9-11-15/h4-11,13H,3,12H2,1-2H3,(H,21,24). The van der Waals surface area contributed by atoms with Gasteiger partial charge in [0, 0.05) is 12.1 Å². The van der Waals surface area contributed by atoms with Gasteiger partial charge in [0.05, 0.1) is 5.69 Å². The molecule has 0 fully saturated rings. The molecule has 3 rings (SSSR count). The number of hydrogen-bond donors (Lipinski definition) is 1. The summed E-state index contributed by atoms with van der Waals surface area (Å²) in [6, 6.07) is 15.1. The SMILES string of the molecule is CCn1cnnc1-c1ccccc1NC(=O)COc1ccc(C)cc1. The number of para-hydroxylation sites is 1. The molecule has 1 amide bonds. The number of carbonyl (C=O) groups excluding carboxylic acids is 1. The first-order valence-electron chi connectivity index (χ1n) is 8.14. The lowest BCUT2D eigenvalue weighted by Gasteiger charge is -2.12. The summed E-state index contributed by atoms with van der Waals surface area (Å²) in [6.07, 6.45) is 1.68. The van der Waals surface area contributed by atoms with E-state index in [-0.39, 0.29) is 12.5 Å². The fraction of sp³-hybridized carbons (Fsp3) is 0.211. The van der Waals surface area contributed by atoms with Crippen LogP contribution >= 0.6 is 0 Å². The minimum absolute atomic E-state index is 0.0577. The van der Waals surface area contributed by atoms with Crippen LogP contribution in [-0.2, 0) is 11.3 Å². The lowest BCUT2D eigenvalue weighted by Crippen LogP contribution is -2.20. The summed E-state index contributed by atoms with van der Waals surface area (Å²) in [5.74, 6) is 1.16. The van der Waals surface area contributed by atoms with Crippen LogP contribution in [0.25, 0.3) is 11.4 Å². The Kier molecular flexibility index (Phi) is 5.09.